The molecule has 0 aliphatic rings. The number of carbonyl (C=O) groups excluding carboxylic acids is 1. The van der Waals surface area contributed by atoms with Gasteiger partial charge in [-0.25, -0.2) is 0 Å². The van der Waals surface area contributed by atoms with Crippen LogP contribution in [0.15, 0.2) is 24.3 Å². The van der Waals surface area contributed by atoms with Crippen LogP contribution in [-0.2, 0) is 4.79 Å². The van der Waals surface area contributed by atoms with Crippen LogP contribution < -0.4 is 4.74 Å². The van der Waals surface area contributed by atoms with Crippen LogP contribution in [0.2, 0.25) is 0 Å². The lowest BCUT2D eigenvalue weighted by Gasteiger charge is -2.16. The minimum atomic E-state index is 0.0486. The van der Waals surface area contributed by atoms with Gasteiger partial charge in [-0.05, 0) is 19.1 Å². The molecule has 0 heterocycles. The van der Waals surface area contributed by atoms with E-state index in [1.165, 1.54) is 5.56 Å². The molecule has 0 unspecified atom stereocenters. The van der Waals surface area contributed by atoms with E-state index in [0.29, 0.717) is 25.5 Å². The highest BCUT2D eigenvalue weighted by atomic mass is 35.5. The van der Waals surface area contributed by atoms with Gasteiger partial charge in [-0.15, -0.1) is 11.6 Å². The molecule has 1 aromatic rings. The van der Waals surface area contributed by atoms with Gasteiger partial charge in [0.1, 0.15) is 12.4 Å². The van der Waals surface area contributed by atoms with E-state index in [1.54, 1.807) is 11.9 Å². The SMILES string of the molecule is Cc1ccc(OCCN(C)C(=O)CCCl)cc1. The second-order valence-electron chi connectivity index (χ2n) is 3.92. The molecule has 0 radical (unpaired) electrons. The predicted octanol–water partition coefficient (Wildman–Crippen LogP) is 2.46. The van der Waals surface area contributed by atoms with Gasteiger partial charge in [-0.3, -0.25) is 4.79 Å². The lowest BCUT2D eigenvalue weighted by molar-refractivity contribution is -0.129. The van der Waals surface area contributed by atoms with Crippen LogP contribution in [0.25, 0.3) is 0 Å². The summed E-state index contributed by atoms with van der Waals surface area (Å²) < 4.78 is 5.53. The smallest absolute Gasteiger partial charge is 0.223 e. The molecule has 1 amide bonds. The highest BCUT2D eigenvalue weighted by Crippen LogP contribution is 2.11. The number of benzene rings is 1. The molecule has 0 aromatic heterocycles. The number of rotatable bonds is 6. The molecule has 4 heteroatoms. The van der Waals surface area contributed by atoms with Crippen molar-refractivity contribution in [3.63, 3.8) is 0 Å². The fourth-order valence-electron chi connectivity index (χ4n) is 1.33. The van der Waals surface area contributed by atoms with Gasteiger partial charge in [0.05, 0.1) is 6.54 Å². The average molecular weight is 256 g/mol. The molecule has 0 spiro atoms. The fraction of sp³-hybridized carbons (Fsp3) is 0.462. The first-order valence-corrected chi connectivity index (χ1v) is 6.16. The molecule has 94 valence electrons. The molecule has 0 N–H and O–H groups in total. The molecule has 0 saturated carbocycles. The first-order chi connectivity index (χ1) is 8.13. The molecule has 1 rings (SSSR count). The Kier molecular flexibility index (Phi) is 5.84. The Morgan fingerprint density at radius 3 is 2.59 bits per heavy atom. The van der Waals surface area contributed by atoms with Crippen molar-refractivity contribution in [2.24, 2.45) is 0 Å². The monoisotopic (exact) mass is 255 g/mol. The van der Waals surface area contributed by atoms with Crippen molar-refractivity contribution in [2.45, 2.75) is 13.3 Å². The maximum Gasteiger partial charge on any atom is 0.223 e. The number of alkyl halides is 1. The van der Waals surface area contributed by atoms with E-state index in [9.17, 15) is 4.79 Å². The standard InChI is InChI=1S/C13H18ClNO2/c1-11-3-5-12(6-4-11)17-10-9-15(2)13(16)7-8-14/h3-6H,7-10H2,1-2H3. The molecular weight excluding hydrogens is 238 g/mol. The van der Waals surface area contributed by atoms with Crippen molar-refractivity contribution in [2.75, 3.05) is 26.1 Å². The molecule has 0 fully saturated rings. The minimum absolute atomic E-state index is 0.0486. The van der Waals surface area contributed by atoms with E-state index >= 15 is 0 Å². The molecule has 0 bridgehead atoms. The maximum absolute atomic E-state index is 11.4. The van der Waals surface area contributed by atoms with Crippen LogP contribution >= 0.6 is 11.6 Å². The van der Waals surface area contributed by atoms with Crippen LogP contribution in [-0.4, -0.2) is 36.9 Å². The highest BCUT2D eigenvalue weighted by Gasteiger charge is 2.07. The van der Waals surface area contributed by atoms with Crippen LogP contribution in [0.4, 0.5) is 0 Å². The Morgan fingerprint density at radius 2 is 2.00 bits per heavy atom. The zero-order valence-corrected chi connectivity index (χ0v) is 11.0. The van der Waals surface area contributed by atoms with Crippen molar-refractivity contribution in [1.82, 2.24) is 4.90 Å². The Balaban J connectivity index is 2.27. The summed E-state index contributed by atoms with van der Waals surface area (Å²) in [7, 11) is 1.76. The number of halogens is 1. The zero-order chi connectivity index (χ0) is 12.7. The van der Waals surface area contributed by atoms with E-state index in [0.717, 1.165) is 5.75 Å². The van der Waals surface area contributed by atoms with Gasteiger partial charge < -0.3 is 9.64 Å². The van der Waals surface area contributed by atoms with Crippen molar-refractivity contribution >= 4 is 17.5 Å². The van der Waals surface area contributed by atoms with Gasteiger partial charge in [-0.2, -0.15) is 0 Å². The summed E-state index contributed by atoms with van der Waals surface area (Å²) in [6, 6.07) is 7.85. The Labute approximate surface area is 107 Å². The van der Waals surface area contributed by atoms with Gasteiger partial charge in [0.2, 0.25) is 5.91 Å². The topological polar surface area (TPSA) is 29.5 Å². The number of carbonyl (C=O) groups is 1. The fourth-order valence-corrected chi connectivity index (χ4v) is 1.49. The lowest BCUT2D eigenvalue weighted by atomic mass is 10.2. The maximum atomic E-state index is 11.4. The van der Waals surface area contributed by atoms with Gasteiger partial charge >= 0.3 is 0 Å². The van der Waals surface area contributed by atoms with E-state index in [1.807, 2.05) is 31.2 Å². The Bertz CT molecular complexity index is 351. The number of likely N-dealkylation sites (N-methyl/N-ethyl adjacent to an activating group) is 1. The first kappa shape index (κ1) is 13.8. The number of amides is 1. The number of ether oxygens (including phenoxy) is 1. The molecule has 3 nitrogen and oxygen atoms in total. The van der Waals surface area contributed by atoms with Crippen LogP contribution in [0.3, 0.4) is 0 Å². The second-order valence-corrected chi connectivity index (χ2v) is 4.29. The third kappa shape index (κ3) is 5.09. The normalized spacial score (nSPS) is 10.1. The van der Waals surface area contributed by atoms with Gasteiger partial charge in [0.25, 0.3) is 0 Å². The number of hydrogen-bond acceptors (Lipinski definition) is 2. The summed E-state index contributed by atoms with van der Waals surface area (Å²) in [5.74, 6) is 1.24. The van der Waals surface area contributed by atoms with E-state index in [4.69, 9.17) is 16.3 Å². The lowest BCUT2D eigenvalue weighted by Crippen LogP contribution is -2.30. The number of hydrogen-bond donors (Lipinski definition) is 0. The molecule has 17 heavy (non-hydrogen) atoms. The van der Waals surface area contributed by atoms with Crippen molar-refractivity contribution < 1.29 is 9.53 Å². The Hall–Kier alpha value is -1.22. The predicted molar refractivity (Wildman–Crippen MR) is 69.6 cm³/mol. The zero-order valence-electron chi connectivity index (χ0n) is 10.3. The largest absolute Gasteiger partial charge is 0.492 e. The summed E-state index contributed by atoms with van der Waals surface area (Å²) in [5, 5.41) is 0. The van der Waals surface area contributed by atoms with Gasteiger partial charge in [0, 0.05) is 19.3 Å². The van der Waals surface area contributed by atoms with E-state index in [-0.39, 0.29) is 5.91 Å². The molecule has 1 aromatic carbocycles. The molecule has 0 aliphatic carbocycles. The average Bonchev–Trinajstić information content (AvgIpc) is 2.32. The third-order valence-corrected chi connectivity index (χ3v) is 2.64. The van der Waals surface area contributed by atoms with Crippen molar-refractivity contribution in [1.29, 1.82) is 0 Å². The first-order valence-electron chi connectivity index (χ1n) is 5.63. The molecular formula is C13H18ClNO2. The second kappa shape index (κ2) is 7.17. The summed E-state index contributed by atoms with van der Waals surface area (Å²) in [4.78, 5) is 13.1. The Morgan fingerprint density at radius 1 is 1.35 bits per heavy atom. The summed E-state index contributed by atoms with van der Waals surface area (Å²) in [5.41, 5.74) is 1.20. The van der Waals surface area contributed by atoms with Gasteiger partial charge in [0.15, 0.2) is 0 Å². The summed E-state index contributed by atoms with van der Waals surface area (Å²) in [6.07, 6.45) is 0.378. The van der Waals surface area contributed by atoms with Crippen molar-refractivity contribution in [3.8, 4) is 5.75 Å². The van der Waals surface area contributed by atoms with Gasteiger partial charge in [-0.1, -0.05) is 17.7 Å². The summed E-state index contributed by atoms with van der Waals surface area (Å²) >= 11 is 5.51. The van der Waals surface area contributed by atoms with Crippen molar-refractivity contribution in [3.05, 3.63) is 29.8 Å². The van der Waals surface area contributed by atoms with E-state index in [2.05, 4.69) is 0 Å². The quantitative estimate of drug-likeness (QED) is 0.731. The van der Waals surface area contributed by atoms with Crippen LogP contribution in [0.5, 0.6) is 5.75 Å². The number of nitrogens with zero attached hydrogens (tertiary/aromatic N) is 1. The number of aryl methyl sites for hydroxylation is 1. The minimum Gasteiger partial charge on any atom is -0.492 e. The molecule has 0 saturated heterocycles. The van der Waals surface area contributed by atoms with Crippen LogP contribution in [0, 0.1) is 6.92 Å². The summed E-state index contributed by atoms with van der Waals surface area (Å²) in [6.45, 7) is 3.10. The molecule has 0 aliphatic heterocycles. The third-order valence-electron chi connectivity index (χ3n) is 2.45. The van der Waals surface area contributed by atoms with Crippen LogP contribution in [0.1, 0.15) is 12.0 Å². The molecule has 0 atom stereocenters. The highest BCUT2D eigenvalue weighted by molar-refractivity contribution is 6.18. The van der Waals surface area contributed by atoms with E-state index < -0.39 is 0 Å².